The number of para-hydroxylation sites is 1. The molecule has 1 aromatic carbocycles. The highest BCUT2D eigenvalue weighted by molar-refractivity contribution is 5.83. The van der Waals surface area contributed by atoms with Crippen LogP contribution in [0.3, 0.4) is 0 Å². The van der Waals surface area contributed by atoms with Crippen molar-refractivity contribution in [3.63, 3.8) is 0 Å². The minimum atomic E-state index is 0.309. The van der Waals surface area contributed by atoms with E-state index in [9.17, 15) is 0 Å². The molecule has 0 saturated carbocycles. The number of aromatic nitrogens is 1. The maximum absolute atomic E-state index is 8.74. The summed E-state index contributed by atoms with van der Waals surface area (Å²) < 4.78 is 2.30. The van der Waals surface area contributed by atoms with Gasteiger partial charge < -0.3 is 15.4 Å². The lowest BCUT2D eigenvalue weighted by atomic mass is 10.2. The van der Waals surface area contributed by atoms with Crippen LogP contribution in [0.2, 0.25) is 0 Å². The van der Waals surface area contributed by atoms with Gasteiger partial charge in [-0.2, -0.15) is 0 Å². The Hall–Kier alpha value is -1.32. The van der Waals surface area contributed by atoms with Gasteiger partial charge in [-0.25, -0.2) is 0 Å². The van der Waals surface area contributed by atoms with Crippen LogP contribution in [0.4, 0.5) is 0 Å². The number of rotatable bonds is 7. The van der Waals surface area contributed by atoms with Crippen molar-refractivity contribution in [3.8, 4) is 0 Å². The van der Waals surface area contributed by atoms with Crippen LogP contribution in [0.15, 0.2) is 30.5 Å². The van der Waals surface area contributed by atoms with E-state index in [4.69, 9.17) is 10.8 Å². The second kappa shape index (κ2) is 6.57. The van der Waals surface area contributed by atoms with Gasteiger partial charge in [0, 0.05) is 36.8 Å². The molecule has 0 fully saturated rings. The van der Waals surface area contributed by atoms with Gasteiger partial charge in [0.1, 0.15) is 0 Å². The largest absolute Gasteiger partial charge is 0.396 e. The number of nitrogens with zero attached hydrogens (tertiary/aromatic N) is 1. The molecule has 0 amide bonds. The Morgan fingerprint density at radius 1 is 1.06 bits per heavy atom. The first-order valence-electron chi connectivity index (χ1n) is 6.74. The fourth-order valence-electron chi connectivity index (χ4n) is 2.42. The molecular weight excluding hydrogens is 224 g/mol. The summed E-state index contributed by atoms with van der Waals surface area (Å²) in [5, 5.41) is 10.0. The van der Waals surface area contributed by atoms with E-state index in [1.54, 1.807) is 0 Å². The fourth-order valence-corrected chi connectivity index (χ4v) is 2.42. The quantitative estimate of drug-likeness (QED) is 0.738. The van der Waals surface area contributed by atoms with Gasteiger partial charge in [0.2, 0.25) is 0 Å². The van der Waals surface area contributed by atoms with Crippen molar-refractivity contribution in [1.29, 1.82) is 0 Å². The van der Waals surface area contributed by atoms with Crippen LogP contribution in [0.25, 0.3) is 10.9 Å². The summed E-state index contributed by atoms with van der Waals surface area (Å²) in [4.78, 5) is 0. The number of hydrogen-bond acceptors (Lipinski definition) is 2. The summed E-state index contributed by atoms with van der Waals surface area (Å²) in [6.07, 6.45) is 6.53. The van der Waals surface area contributed by atoms with Gasteiger partial charge in [0.05, 0.1) is 0 Å². The molecule has 0 radical (unpaired) electrons. The van der Waals surface area contributed by atoms with Crippen LogP contribution in [-0.4, -0.2) is 16.3 Å². The molecule has 3 heteroatoms. The number of unbranched alkanes of at least 4 members (excludes halogenated alkanes) is 3. The van der Waals surface area contributed by atoms with Crippen molar-refractivity contribution >= 4 is 10.9 Å². The van der Waals surface area contributed by atoms with Gasteiger partial charge in [-0.15, -0.1) is 0 Å². The Bertz CT molecular complexity index is 490. The number of fused-ring (bicyclic) bond motifs is 1. The lowest BCUT2D eigenvalue weighted by molar-refractivity contribution is 0.282. The molecular formula is C15H22N2O. The van der Waals surface area contributed by atoms with Crippen LogP contribution in [-0.2, 0) is 13.1 Å². The molecule has 0 aliphatic rings. The van der Waals surface area contributed by atoms with E-state index < -0.39 is 0 Å². The maximum atomic E-state index is 8.74. The van der Waals surface area contributed by atoms with E-state index >= 15 is 0 Å². The zero-order valence-corrected chi connectivity index (χ0v) is 10.8. The molecule has 3 N–H and O–H groups in total. The molecule has 0 bridgehead atoms. The second-order valence-corrected chi connectivity index (χ2v) is 4.71. The maximum Gasteiger partial charge on any atom is 0.0483 e. The minimum Gasteiger partial charge on any atom is -0.396 e. The first-order valence-corrected chi connectivity index (χ1v) is 6.74. The Kier molecular flexibility index (Phi) is 4.79. The Labute approximate surface area is 108 Å². The van der Waals surface area contributed by atoms with E-state index in [0.717, 1.165) is 25.8 Å². The second-order valence-electron chi connectivity index (χ2n) is 4.71. The molecule has 0 atom stereocenters. The van der Waals surface area contributed by atoms with Gasteiger partial charge in [-0.3, -0.25) is 0 Å². The topological polar surface area (TPSA) is 51.2 Å². The molecule has 1 aromatic heterocycles. The number of benzene rings is 1. The highest BCUT2D eigenvalue weighted by atomic mass is 16.2. The molecule has 18 heavy (non-hydrogen) atoms. The number of hydrogen-bond donors (Lipinski definition) is 2. The Balaban J connectivity index is 2.04. The van der Waals surface area contributed by atoms with Gasteiger partial charge in [-0.1, -0.05) is 31.0 Å². The first-order chi connectivity index (χ1) is 8.86. The molecule has 0 spiro atoms. The summed E-state index contributed by atoms with van der Waals surface area (Å²) >= 11 is 0. The van der Waals surface area contributed by atoms with Crippen LogP contribution in [0, 0.1) is 0 Å². The van der Waals surface area contributed by atoms with Crippen LogP contribution in [0.1, 0.15) is 31.2 Å². The predicted octanol–water partition coefficient (Wildman–Crippen LogP) is 2.65. The number of aryl methyl sites for hydroxylation is 1. The summed E-state index contributed by atoms with van der Waals surface area (Å²) in [7, 11) is 0. The average Bonchev–Trinajstić information content (AvgIpc) is 2.77. The molecule has 0 saturated heterocycles. The molecule has 0 unspecified atom stereocenters. The molecule has 1 heterocycles. The molecule has 0 aliphatic heterocycles. The monoisotopic (exact) mass is 246 g/mol. The van der Waals surface area contributed by atoms with Crippen molar-refractivity contribution < 1.29 is 5.11 Å². The number of aliphatic hydroxyl groups excluding tert-OH is 1. The fraction of sp³-hybridized carbons (Fsp3) is 0.467. The van der Waals surface area contributed by atoms with Gasteiger partial charge in [-0.05, 0) is 24.5 Å². The van der Waals surface area contributed by atoms with E-state index in [0.29, 0.717) is 13.2 Å². The lowest BCUT2D eigenvalue weighted by Gasteiger charge is -2.04. The normalized spacial score (nSPS) is 11.2. The molecule has 0 aliphatic carbocycles. The van der Waals surface area contributed by atoms with Crippen molar-refractivity contribution in [2.24, 2.45) is 5.73 Å². The standard InChI is InChI=1S/C15H22N2O/c16-11-13-12-17(9-5-1-2-6-10-18)15-8-4-3-7-14(13)15/h3-4,7-8,12,18H,1-2,5-6,9-11,16H2. The molecule has 2 rings (SSSR count). The van der Waals surface area contributed by atoms with Crippen molar-refractivity contribution in [2.45, 2.75) is 38.8 Å². The average molecular weight is 246 g/mol. The van der Waals surface area contributed by atoms with Crippen LogP contribution in [0.5, 0.6) is 0 Å². The lowest BCUT2D eigenvalue weighted by Crippen LogP contribution is -1.97. The van der Waals surface area contributed by atoms with Crippen molar-refractivity contribution in [1.82, 2.24) is 4.57 Å². The van der Waals surface area contributed by atoms with Gasteiger partial charge >= 0.3 is 0 Å². The summed E-state index contributed by atoms with van der Waals surface area (Å²) in [6.45, 7) is 1.94. The van der Waals surface area contributed by atoms with Crippen molar-refractivity contribution in [3.05, 3.63) is 36.0 Å². The zero-order valence-electron chi connectivity index (χ0n) is 10.8. The zero-order chi connectivity index (χ0) is 12.8. The number of nitrogens with two attached hydrogens (primary N) is 1. The van der Waals surface area contributed by atoms with Gasteiger partial charge in [0.25, 0.3) is 0 Å². The van der Waals surface area contributed by atoms with E-state index in [1.807, 2.05) is 0 Å². The predicted molar refractivity (Wildman–Crippen MR) is 75.4 cm³/mol. The smallest absolute Gasteiger partial charge is 0.0483 e. The Morgan fingerprint density at radius 3 is 2.61 bits per heavy atom. The van der Waals surface area contributed by atoms with E-state index in [-0.39, 0.29) is 0 Å². The third-order valence-corrected chi connectivity index (χ3v) is 3.40. The van der Waals surface area contributed by atoms with E-state index in [1.165, 1.54) is 22.9 Å². The van der Waals surface area contributed by atoms with Crippen LogP contribution >= 0.6 is 0 Å². The molecule has 98 valence electrons. The summed E-state index contributed by atoms with van der Waals surface area (Å²) in [5.41, 5.74) is 8.28. The Morgan fingerprint density at radius 2 is 1.83 bits per heavy atom. The van der Waals surface area contributed by atoms with Crippen molar-refractivity contribution in [2.75, 3.05) is 6.61 Å². The van der Waals surface area contributed by atoms with E-state index in [2.05, 4.69) is 35.0 Å². The van der Waals surface area contributed by atoms with Crippen LogP contribution < -0.4 is 5.73 Å². The third kappa shape index (κ3) is 2.92. The summed E-state index contributed by atoms with van der Waals surface area (Å²) in [6, 6.07) is 8.43. The first kappa shape index (κ1) is 13.1. The minimum absolute atomic E-state index is 0.309. The third-order valence-electron chi connectivity index (χ3n) is 3.40. The van der Waals surface area contributed by atoms with Gasteiger partial charge in [0.15, 0.2) is 0 Å². The molecule has 2 aromatic rings. The SMILES string of the molecule is NCc1cn(CCCCCCO)c2ccccc12. The summed E-state index contributed by atoms with van der Waals surface area (Å²) in [5.74, 6) is 0. The highest BCUT2D eigenvalue weighted by Crippen LogP contribution is 2.21. The number of aliphatic hydroxyl groups is 1. The molecule has 3 nitrogen and oxygen atoms in total. The highest BCUT2D eigenvalue weighted by Gasteiger charge is 2.05.